The highest BCUT2D eigenvalue weighted by Gasteiger charge is 2.35. The highest BCUT2D eigenvalue weighted by Crippen LogP contribution is 2.29. The average Bonchev–Trinajstić information content (AvgIpc) is 2.66. The molecule has 0 radical (unpaired) electrons. The fourth-order valence-electron chi connectivity index (χ4n) is 1.58. The summed E-state index contributed by atoms with van der Waals surface area (Å²) in [6.07, 6.45) is -4.56. The van der Waals surface area contributed by atoms with E-state index >= 15 is 0 Å². The number of hydrogen-bond donors (Lipinski definition) is 1. The van der Waals surface area contributed by atoms with Crippen LogP contribution in [0.4, 0.5) is 13.2 Å². The molecule has 0 aromatic carbocycles. The van der Waals surface area contributed by atoms with E-state index < -0.39 is 22.7 Å². The molecule has 0 spiro atoms. The second-order valence-corrected chi connectivity index (χ2v) is 8.49. The molecule has 0 fully saturated rings. The van der Waals surface area contributed by atoms with Crippen molar-refractivity contribution in [2.75, 3.05) is 13.6 Å². The van der Waals surface area contributed by atoms with Crippen molar-refractivity contribution in [2.45, 2.75) is 43.7 Å². The zero-order chi connectivity index (χ0) is 16.4. The van der Waals surface area contributed by atoms with Gasteiger partial charge in [0.15, 0.2) is 0 Å². The van der Waals surface area contributed by atoms with E-state index in [-0.39, 0.29) is 10.3 Å². The van der Waals surface area contributed by atoms with Gasteiger partial charge in [0, 0.05) is 24.5 Å². The van der Waals surface area contributed by atoms with E-state index in [1.807, 2.05) is 13.8 Å². The van der Waals surface area contributed by atoms with Gasteiger partial charge < -0.3 is 5.32 Å². The molecule has 21 heavy (non-hydrogen) atoms. The third-order valence-electron chi connectivity index (χ3n) is 2.74. The Labute approximate surface area is 127 Å². The second-order valence-electron chi connectivity index (χ2n) is 5.08. The Morgan fingerprint density at radius 3 is 2.43 bits per heavy atom. The molecule has 0 aliphatic carbocycles. The maximum Gasteiger partial charge on any atom is 0.402 e. The molecule has 122 valence electrons. The van der Waals surface area contributed by atoms with Crippen LogP contribution in [0.25, 0.3) is 0 Å². The number of rotatable bonds is 6. The molecule has 0 saturated carbocycles. The van der Waals surface area contributed by atoms with Gasteiger partial charge in [0.2, 0.25) is 0 Å². The Bertz CT molecular complexity index is 580. The van der Waals surface area contributed by atoms with Crippen LogP contribution < -0.4 is 5.32 Å². The standard InChI is InChI=1S/C12H19F3N2O2S2/c1-8(2)16-6-10-9(3)5-11(20-10)21(18,19)17(4)7-12(13,14)15/h5,8,16H,6-7H2,1-4H3. The third kappa shape index (κ3) is 5.24. The number of thiophene rings is 1. The Kier molecular flexibility index (Phi) is 5.82. The molecule has 1 aromatic rings. The Morgan fingerprint density at radius 2 is 1.95 bits per heavy atom. The number of nitrogens with one attached hydrogen (secondary N) is 1. The van der Waals surface area contributed by atoms with Gasteiger partial charge in [-0.05, 0) is 18.6 Å². The first-order chi connectivity index (χ1) is 9.43. The lowest BCUT2D eigenvalue weighted by atomic mass is 10.3. The largest absolute Gasteiger partial charge is 0.402 e. The van der Waals surface area contributed by atoms with Gasteiger partial charge in [0.1, 0.15) is 10.8 Å². The molecule has 9 heteroatoms. The zero-order valence-corrected chi connectivity index (χ0v) is 13.9. The van der Waals surface area contributed by atoms with E-state index in [4.69, 9.17) is 0 Å². The first-order valence-corrected chi connectivity index (χ1v) is 8.55. The van der Waals surface area contributed by atoms with Gasteiger partial charge >= 0.3 is 6.18 Å². The summed E-state index contributed by atoms with van der Waals surface area (Å²) >= 11 is 1.00. The maximum atomic E-state index is 12.3. The minimum Gasteiger partial charge on any atom is -0.310 e. The molecule has 0 aliphatic rings. The van der Waals surface area contributed by atoms with Crippen LogP contribution in [-0.2, 0) is 16.6 Å². The van der Waals surface area contributed by atoms with E-state index in [9.17, 15) is 21.6 Å². The zero-order valence-electron chi connectivity index (χ0n) is 12.3. The van der Waals surface area contributed by atoms with Crippen LogP contribution in [0.5, 0.6) is 0 Å². The van der Waals surface area contributed by atoms with Crippen LogP contribution in [0.1, 0.15) is 24.3 Å². The molecule has 0 bridgehead atoms. The van der Waals surface area contributed by atoms with Gasteiger partial charge in [-0.15, -0.1) is 11.3 Å². The van der Waals surface area contributed by atoms with Gasteiger partial charge in [-0.25, -0.2) is 8.42 Å². The maximum absolute atomic E-state index is 12.3. The molecule has 1 N–H and O–H groups in total. The average molecular weight is 344 g/mol. The Balaban J connectivity index is 2.96. The monoisotopic (exact) mass is 344 g/mol. The van der Waals surface area contributed by atoms with Crippen molar-refractivity contribution in [1.82, 2.24) is 9.62 Å². The first kappa shape index (κ1) is 18.4. The van der Waals surface area contributed by atoms with E-state index in [0.717, 1.165) is 28.8 Å². The van der Waals surface area contributed by atoms with Gasteiger partial charge in [0.05, 0.1) is 0 Å². The van der Waals surface area contributed by atoms with Crippen molar-refractivity contribution >= 4 is 21.4 Å². The quantitative estimate of drug-likeness (QED) is 0.863. The summed E-state index contributed by atoms with van der Waals surface area (Å²) in [4.78, 5) is 0.808. The van der Waals surface area contributed by atoms with E-state index in [2.05, 4.69) is 5.32 Å². The van der Waals surface area contributed by atoms with Crippen molar-refractivity contribution in [1.29, 1.82) is 0 Å². The molecule has 1 rings (SSSR count). The lowest BCUT2D eigenvalue weighted by Crippen LogP contribution is -2.35. The smallest absolute Gasteiger partial charge is 0.310 e. The summed E-state index contributed by atoms with van der Waals surface area (Å²) < 4.78 is 61.5. The summed E-state index contributed by atoms with van der Waals surface area (Å²) in [6, 6.07) is 1.66. The molecule has 0 aliphatic heterocycles. The van der Waals surface area contributed by atoms with Crippen LogP contribution in [-0.4, -0.2) is 38.5 Å². The number of nitrogens with zero attached hydrogens (tertiary/aromatic N) is 1. The first-order valence-electron chi connectivity index (χ1n) is 6.29. The lowest BCUT2D eigenvalue weighted by molar-refractivity contribution is -0.134. The molecule has 0 unspecified atom stereocenters. The number of sulfonamides is 1. The van der Waals surface area contributed by atoms with Crippen molar-refractivity contribution in [3.8, 4) is 0 Å². The molecule has 4 nitrogen and oxygen atoms in total. The minimum atomic E-state index is -4.56. The van der Waals surface area contributed by atoms with E-state index in [1.54, 1.807) is 6.92 Å². The minimum absolute atomic E-state index is 0.0627. The SMILES string of the molecule is Cc1cc(S(=O)(=O)N(C)CC(F)(F)F)sc1CNC(C)C. The fourth-order valence-corrected chi connectivity index (χ4v) is 4.49. The van der Waals surface area contributed by atoms with Crippen molar-refractivity contribution in [3.63, 3.8) is 0 Å². The van der Waals surface area contributed by atoms with Gasteiger partial charge in [-0.1, -0.05) is 13.8 Å². The molecular weight excluding hydrogens is 325 g/mol. The normalized spacial score (nSPS) is 13.4. The lowest BCUT2D eigenvalue weighted by Gasteiger charge is -2.17. The molecule has 1 heterocycles. The topological polar surface area (TPSA) is 49.4 Å². The van der Waals surface area contributed by atoms with Crippen molar-refractivity contribution in [2.24, 2.45) is 0 Å². The van der Waals surface area contributed by atoms with Crippen LogP contribution >= 0.6 is 11.3 Å². The summed E-state index contributed by atoms with van der Waals surface area (Å²) in [5.41, 5.74) is 0.757. The molecule has 0 amide bonds. The van der Waals surface area contributed by atoms with E-state index in [1.165, 1.54) is 6.07 Å². The predicted molar refractivity (Wildman–Crippen MR) is 76.9 cm³/mol. The number of halogens is 3. The highest BCUT2D eigenvalue weighted by molar-refractivity contribution is 7.91. The van der Waals surface area contributed by atoms with Gasteiger partial charge in [-0.2, -0.15) is 17.5 Å². The molecular formula is C12H19F3N2O2S2. The third-order valence-corrected chi connectivity index (χ3v) is 6.23. The number of alkyl halides is 3. The Hall–Kier alpha value is -0.640. The summed E-state index contributed by atoms with van der Waals surface area (Å²) in [5.74, 6) is 0. The molecule has 0 saturated heterocycles. The van der Waals surface area contributed by atoms with Gasteiger partial charge in [-0.3, -0.25) is 0 Å². The van der Waals surface area contributed by atoms with Crippen LogP contribution in [0.15, 0.2) is 10.3 Å². The summed E-state index contributed by atoms with van der Waals surface area (Å²) in [6.45, 7) is 4.66. The van der Waals surface area contributed by atoms with Crippen LogP contribution in [0, 0.1) is 6.92 Å². The van der Waals surface area contributed by atoms with Crippen molar-refractivity contribution < 1.29 is 21.6 Å². The van der Waals surface area contributed by atoms with Gasteiger partial charge in [0.25, 0.3) is 10.0 Å². The predicted octanol–water partition coefficient (Wildman–Crippen LogP) is 2.74. The number of aryl methyl sites for hydroxylation is 1. The molecule has 1 aromatic heterocycles. The summed E-state index contributed by atoms with van der Waals surface area (Å²) in [7, 11) is -3.17. The van der Waals surface area contributed by atoms with Crippen LogP contribution in [0.2, 0.25) is 0 Å². The highest BCUT2D eigenvalue weighted by atomic mass is 32.2. The second kappa shape index (κ2) is 6.64. The van der Waals surface area contributed by atoms with Crippen LogP contribution in [0.3, 0.4) is 0 Å². The fraction of sp³-hybridized carbons (Fsp3) is 0.667. The number of hydrogen-bond acceptors (Lipinski definition) is 4. The summed E-state index contributed by atoms with van der Waals surface area (Å²) in [5, 5.41) is 3.16. The van der Waals surface area contributed by atoms with E-state index in [0.29, 0.717) is 10.8 Å². The Morgan fingerprint density at radius 1 is 1.38 bits per heavy atom. The van der Waals surface area contributed by atoms with Crippen molar-refractivity contribution in [3.05, 3.63) is 16.5 Å². The molecule has 0 atom stereocenters.